The zero-order valence-electron chi connectivity index (χ0n) is 14.1. The van der Waals surface area contributed by atoms with Crippen LogP contribution in [0.15, 0.2) is 35.5 Å². The number of aromatic nitrogens is 3. The standard InChI is InChI=1S/C17H20N4O3S/c1-3-14-19-17(21-20-14)25-11-15(22)18-13-8-5-12(6-9-13)7-10-16(23)24-4-2/h5-10H,3-4,11H2,1-2H3,(H,18,22)(H,19,20,21)/b10-7+. The number of rotatable bonds is 8. The molecule has 7 nitrogen and oxygen atoms in total. The largest absolute Gasteiger partial charge is 0.463 e. The van der Waals surface area contributed by atoms with Crippen molar-refractivity contribution in [3.05, 3.63) is 41.7 Å². The van der Waals surface area contributed by atoms with E-state index >= 15 is 0 Å². The number of H-pyrrole nitrogens is 1. The maximum absolute atomic E-state index is 12.0. The van der Waals surface area contributed by atoms with Crippen molar-refractivity contribution in [1.82, 2.24) is 15.2 Å². The number of carbonyl (C=O) groups excluding carboxylic acids is 2. The van der Waals surface area contributed by atoms with Gasteiger partial charge >= 0.3 is 5.97 Å². The van der Waals surface area contributed by atoms with Gasteiger partial charge in [0, 0.05) is 18.2 Å². The Balaban J connectivity index is 1.81. The van der Waals surface area contributed by atoms with Gasteiger partial charge in [0.15, 0.2) is 0 Å². The fraction of sp³-hybridized carbons (Fsp3) is 0.294. The molecular weight excluding hydrogens is 340 g/mol. The number of hydrogen-bond acceptors (Lipinski definition) is 6. The van der Waals surface area contributed by atoms with Gasteiger partial charge in [0.25, 0.3) is 0 Å². The second-order valence-corrected chi connectivity index (χ2v) is 5.90. The van der Waals surface area contributed by atoms with E-state index in [2.05, 4.69) is 20.5 Å². The van der Waals surface area contributed by atoms with Crippen LogP contribution in [0.25, 0.3) is 6.08 Å². The van der Waals surface area contributed by atoms with E-state index in [-0.39, 0.29) is 17.6 Å². The van der Waals surface area contributed by atoms with Gasteiger partial charge in [-0.1, -0.05) is 30.8 Å². The average Bonchev–Trinajstić information content (AvgIpc) is 3.08. The molecule has 1 amide bonds. The van der Waals surface area contributed by atoms with Crippen molar-refractivity contribution in [2.45, 2.75) is 25.4 Å². The van der Waals surface area contributed by atoms with E-state index in [0.717, 1.165) is 17.8 Å². The van der Waals surface area contributed by atoms with Crippen LogP contribution in [0.2, 0.25) is 0 Å². The minimum Gasteiger partial charge on any atom is -0.463 e. The number of aryl methyl sites for hydroxylation is 1. The fourth-order valence-corrected chi connectivity index (χ4v) is 2.48. The Labute approximate surface area is 150 Å². The highest BCUT2D eigenvalue weighted by Gasteiger charge is 2.07. The van der Waals surface area contributed by atoms with Crippen LogP contribution in [0.1, 0.15) is 25.2 Å². The van der Waals surface area contributed by atoms with Crippen LogP contribution in [-0.4, -0.2) is 39.4 Å². The van der Waals surface area contributed by atoms with Crippen LogP contribution < -0.4 is 5.32 Å². The number of benzene rings is 1. The molecule has 0 spiro atoms. The summed E-state index contributed by atoms with van der Waals surface area (Å²) in [6.07, 6.45) is 3.81. The summed E-state index contributed by atoms with van der Waals surface area (Å²) in [6.45, 7) is 4.08. The third-order valence-corrected chi connectivity index (χ3v) is 3.92. The molecule has 2 N–H and O–H groups in total. The maximum Gasteiger partial charge on any atom is 0.330 e. The lowest BCUT2D eigenvalue weighted by Crippen LogP contribution is -2.14. The normalized spacial score (nSPS) is 10.8. The van der Waals surface area contributed by atoms with Gasteiger partial charge in [-0.25, -0.2) is 9.78 Å². The van der Waals surface area contributed by atoms with E-state index in [1.807, 2.05) is 6.92 Å². The zero-order valence-corrected chi connectivity index (χ0v) is 14.9. The predicted molar refractivity (Wildman–Crippen MR) is 97.2 cm³/mol. The Morgan fingerprint density at radius 1 is 1.28 bits per heavy atom. The van der Waals surface area contributed by atoms with Crippen molar-refractivity contribution in [1.29, 1.82) is 0 Å². The molecule has 2 aromatic rings. The summed E-state index contributed by atoms with van der Waals surface area (Å²) < 4.78 is 4.81. The van der Waals surface area contributed by atoms with E-state index in [4.69, 9.17) is 4.74 Å². The van der Waals surface area contributed by atoms with Crippen molar-refractivity contribution >= 4 is 35.4 Å². The van der Waals surface area contributed by atoms with Crippen molar-refractivity contribution in [2.75, 3.05) is 17.7 Å². The van der Waals surface area contributed by atoms with E-state index in [9.17, 15) is 9.59 Å². The summed E-state index contributed by atoms with van der Waals surface area (Å²) in [5.74, 6) is 0.512. The molecule has 0 saturated heterocycles. The van der Waals surface area contributed by atoms with Crippen LogP contribution in [-0.2, 0) is 20.7 Å². The number of hydrogen-bond donors (Lipinski definition) is 2. The number of nitrogens with zero attached hydrogens (tertiary/aromatic N) is 2. The van der Waals surface area contributed by atoms with Gasteiger partial charge in [-0.3, -0.25) is 9.89 Å². The Morgan fingerprint density at radius 2 is 2.04 bits per heavy atom. The van der Waals surface area contributed by atoms with Crippen LogP contribution in [0.5, 0.6) is 0 Å². The monoisotopic (exact) mass is 360 g/mol. The third kappa shape index (κ3) is 6.42. The zero-order chi connectivity index (χ0) is 18.1. The number of thioether (sulfide) groups is 1. The Bertz CT molecular complexity index is 741. The second kappa shape index (κ2) is 9.63. The fourth-order valence-electron chi connectivity index (χ4n) is 1.86. The summed E-state index contributed by atoms with van der Waals surface area (Å²) in [5, 5.41) is 10.2. The van der Waals surface area contributed by atoms with Crippen LogP contribution in [0.3, 0.4) is 0 Å². The van der Waals surface area contributed by atoms with Crippen molar-refractivity contribution in [2.24, 2.45) is 0 Å². The molecule has 25 heavy (non-hydrogen) atoms. The van der Waals surface area contributed by atoms with E-state index in [0.29, 0.717) is 17.5 Å². The van der Waals surface area contributed by atoms with Gasteiger partial charge in [0.05, 0.1) is 12.4 Å². The number of nitrogens with one attached hydrogen (secondary N) is 2. The highest BCUT2D eigenvalue weighted by atomic mass is 32.2. The van der Waals surface area contributed by atoms with Gasteiger partial charge in [-0.15, -0.1) is 5.10 Å². The van der Waals surface area contributed by atoms with Gasteiger partial charge in [0.1, 0.15) is 5.82 Å². The molecule has 0 aliphatic rings. The lowest BCUT2D eigenvalue weighted by atomic mass is 10.2. The number of esters is 1. The lowest BCUT2D eigenvalue weighted by molar-refractivity contribution is -0.137. The molecule has 0 bridgehead atoms. The van der Waals surface area contributed by atoms with Crippen LogP contribution >= 0.6 is 11.8 Å². The molecule has 1 heterocycles. The molecule has 2 rings (SSSR count). The number of carbonyl (C=O) groups is 2. The van der Waals surface area contributed by atoms with Gasteiger partial charge in [0.2, 0.25) is 11.1 Å². The minimum absolute atomic E-state index is 0.136. The number of aromatic amines is 1. The molecule has 132 valence electrons. The Kier molecular flexibility index (Phi) is 7.21. The minimum atomic E-state index is -0.380. The Morgan fingerprint density at radius 3 is 2.68 bits per heavy atom. The van der Waals surface area contributed by atoms with E-state index < -0.39 is 0 Å². The van der Waals surface area contributed by atoms with E-state index in [1.54, 1.807) is 37.3 Å². The molecule has 0 aliphatic heterocycles. The summed E-state index contributed by atoms with van der Waals surface area (Å²) in [6, 6.07) is 7.16. The molecule has 1 aromatic carbocycles. The van der Waals surface area contributed by atoms with E-state index in [1.165, 1.54) is 17.8 Å². The van der Waals surface area contributed by atoms with Crippen molar-refractivity contribution in [3.8, 4) is 0 Å². The first kappa shape index (κ1) is 18.7. The van der Waals surface area contributed by atoms with Crippen LogP contribution in [0, 0.1) is 0 Å². The van der Waals surface area contributed by atoms with Crippen molar-refractivity contribution in [3.63, 3.8) is 0 Å². The van der Waals surface area contributed by atoms with Gasteiger partial charge < -0.3 is 10.1 Å². The molecular formula is C17H20N4O3S. The summed E-state index contributed by atoms with van der Waals surface area (Å²) in [4.78, 5) is 27.5. The van der Waals surface area contributed by atoms with Gasteiger partial charge in [-0.05, 0) is 30.7 Å². The molecule has 0 unspecified atom stereocenters. The molecule has 0 radical (unpaired) electrons. The molecule has 0 aliphatic carbocycles. The van der Waals surface area contributed by atoms with Gasteiger partial charge in [-0.2, -0.15) is 0 Å². The highest BCUT2D eigenvalue weighted by molar-refractivity contribution is 7.99. The first-order valence-electron chi connectivity index (χ1n) is 7.89. The smallest absolute Gasteiger partial charge is 0.330 e. The summed E-state index contributed by atoms with van der Waals surface area (Å²) >= 11 is 1.27. The first-order valence-corrected chi connectivity index (χ1v) is 8.88. The lowest BCUT2D eigenvalue weighted by Gasteiger charge is -2.04. The predicted octanol–water partition coefficient (Wildman–Crippen LogP) is 2.67. The first-order chi connectivity index (χ1) is 12.1. The average molecular weight is 360 g/mol. The Hall–Kier alpha value is -2.61. The molecule has 0 atom stereocenters. The molecule has 0 fully saturated rings. The molecule has 1 aromatic heterocycles. The molecule has 8 heteroatoms. The maximum atomic E-state index is 12.0. The number of anilines is 1. The highest BCUT2D eigenvalue weighted by Crippen LogP contribution is 2.15. The third-order valence-electron chi connectivity index (χ3n) is 3.07. The van der Waals surface area contributed by atoms with Crippen LogP contribution in [0.4, 0.5) is 5.69 Å². The molecule has 0 saturated carbocycles. The van der Waals surface area contributed by atoms with Crippen molar-refractivity contribution < 1.29 is 14.3 Å². The number of amides is 1. The summed E-state index contributed by atoms with van der Waals surface area (Å²) in [7, 11) is 0. The summed E-state index contributed by atoms with van der Waals surface area (Å²) in [5.41, 5.74) is 1.52. The quantitative estimate of drug-likeness (QED) is 0.427. The SMILES string of the molecule is CCOC(=O)/C=C/c1ccc(NC(=O)CSc2n[nH]c(CC)n2)cc1. The topological polar surface area (TPSA) is 97.0 Å². The number of ether oxygens (including phenoxy) is 1. The second-order valence-electron chi connectivity index (χ2n) is 4.96.